The molecule has 4 rings (SSSR count). The van der Waals surface area contributed by atoms with Crippen LogP contribution >= 0.6 is 0 Å². The Morgan fingerprint density at radius 1 is 1.03 bits per heavy atom. The minimum atomic E-state index is 0.0366. The highest BCUT2D eigenvalue weighted by molar-refractivity contribution is 5.95. The van der Waals surface area contributed by atoms with E-state index in [0.717, 1.165) is 35.5 Å². The smallest absolute Gasteiger partial charge is 0.253 e. The number of carbonyl (C=O) groups is 2. The Morgan fingerprint density at radius 2 is 1.73 bits per heavy atom. The van der Waals surface area contributed by atoms with Crippen molar-refractivity contribution in [2.24, 2.45) is 10.9 Å². The first-order valence-corrected chi connectivity index (χ1v) is 11.2. The van der Waals surface area contributed by atoms with Crippen molar-refractivity contribution < 1.29 is 9.59 Å². The van der Waals surface area contributed by atoms with Gasteiger partial charge in [0.25, 0.3) is 5.91 Å². The minimum absolute atomic E-state index is 0.0366. The van der Waals surface area contributed by atoms with E-state index in [9.17, 15) is 9.59 Å². The highest BCUT2D eigenvalue weighted by Gasteiger charge is 2.32. The van der Waals surface area contributed by atoms with Crippen LogP contribution in [-0.4, -0.2) is 54.0 Å². The number of nitrogens with zero attached hydrogens (tertiary/aromatic N) is 4. The van der Waals surface area contributed by atoms with Crippen molar-refractivity contribution in [3.63, 3.8) is 0 Å². The molecule has 6 heteroatoms. The van der Waals surface area contributed by atoms with Gasteiger partial charge in [0.15, 0.2) is 0 Å². The van der Waals surface area contributed by atoms with Gasteiger partial charge in [-0.15, -0.1) is 0 Å². The fourth-order valence-electron chi connectivity index (χ4n) is 4.15. The predicted molar refractivity (Wildman–Crippen MR) is 129 cm³/mol. The van der Waals surface area contributed by atoms with Crippen molar-refractivity contribution in [1.82, 2.24) is 9.80 Å². The summed E-state index contributed by atoms with van der Waals surface area (Å²) in [7, 11) is 0. The first kappa shape index (κ1) is 22.5. The molecule has 0 aliphatic carbocycles. The van der Waals surface area contributed by atoms with Crippen molar-refractivity contribution in [3.05, 3.63) is 76.0 Å². The van der Waals surface area contributed by atoms with Gasteiger partial charge < -0.3 is 9.80 Å². The third kappa shape index (κ3) is 5.04. The Morgan fingerprint density at radius 3 is 2.36 bits per heavy atom. The normalized spacial score (nSPS) is 17.0. The lowest BCUT2D eigenvalue weighted by atomic mass is 9.90. The van der Waals surface area contributed by atoms with Crippen molar-refractivity contribution in [2.45, 2.75) is 26.7 Å². The molecular weight excluding hydrogens is 412 g/mol. The lowest BCUT2D eigenvalue weighted by Gasteiger charge is -2.39. The zero-order valence-corrected chi connectivity index (χ0v) is 19.3. The Bertz CT molecular complexity index is 1160. The summed E-state index contributed by atoms with van der Waals surface area (Å²) in [4.78, 5) is 32.5. The number of hydrogen-bond donors (Lipinski definition) is 0. The minimum Gasteiger partial charge on any atom is -0.342 e. The Hall–Kier alpha value is -3.72. The van der Waals surface area contributed by atoms with Crippen molar-refractivity contribution in [1.29, 1.82) is 5.26 Å². The Kier molecular flexibility index (Phi) is 6.41. The molecule has 0 bridgehead atoms. The molecule has 6 nitrogen and oxygen atoms in total. The van der Waals surface area contributed by atoms with Crippen LogP contribution in [-0.2, 0) is 4.79 Å². The average molecular weight is 441 g/mol. The average Bonchev–Trinajstić information content (AvgIpc) is 2.73. The number of aryl methyl sites for hydroxylation is 1. The van der Waals surface area contributed by atoms with E-state index < -0.39 is 0 Å². The summed E-state index contributed by atoms with van der Waals surface area (Å²) < 4.78 is 0. The molecule has 0 saturated carbocycles. The van der Waals surface area contributed by atoms with Crippen LogP contribution in [0.2, 0.25) is 0 Å². The summed E-state index contributed by atoms with van der Waals surface area (Å²) in [5, 5.41) is 8.94. The van der Waals surface area contributed by atoms with E-state index in [2.05, 4.69) is 11.1 Å². The van der Waals surface area contributed by atoms with Gasteiger partial charge in [0.2, 0.25) is 5.91 Å². The maximum Gasteiger partial charge on any atom is 0.253 e. The summed E-state index contributed by atoms with van der Waals surface area (Å²) in [5.41, 5.74) is 5.44. The number of allylic oxidation sites excluding steroid dienone is 1. The van der Waals surface area contributed by atoms with E-state index in [1.807, 2.05) is 73.5 Å². The topological polar surface area (TPSA) is 76.8 Å². The molecular formula is C27H28N4O2. The first-order chi connectivity index (χ1) is 15.8. The molecule has 2 aromatic rings. The zero-order valence-electron chi connectivity index (χ0n) is 19.3. The third-order valence-corrected chi connectivity index (χ3v) is 6.41. The van der Waals surface area contributed by atoms with Crippen LogP contribution in [0.4, 0.5) is 0 Å². The summed E-state index contributed by atoms with van der Waals surface area (Å²) in [5.74, 6) is 0.763. The number of rotatable bonds is 5. The van der Waals surface area contributed by atoms with Crippen molar-refractivity contribution in [3.8, 4) is 6.07 Å². The van der Waals surface area contributed by atoms with Crippen LogP contribution in [0.3, 0.4) is 0 Å². The Labute approximate surface area is 194 Å². The van der Waals surface area contributed by atoms with Gasteiger partial charge >= 0.3 is 0 Å². The molecule has 2 aromatic carbocycles. The molecule has 0 spiro atoms. The number of amides is 2. The molecule has 0 unspecified atom stereocenters. The summed E-state index contributed by atoms with van der Waals surface area (Å²) in [6, 6.07) is 15.5. The van der Waals surface area contributed by atoms with Crippen LogP contribution in [0.25, 0.3) is 6.08 Å². The van der Waals surface area contributed by atoms with Crippen LogP contribution in [0.15, 0.2) is 53.2 Å². The zero-order chi connectivity index (χ0) is 23.5. The highest BCUT2D eigenvalue weighted by atomic mass is 16.2. The summed E-state index contributed by atoms with van der Waals surface area (Å²) in [6.45, 7) is 8.39. The molecule has 0 atom stereocenters. The van der Waals surface area contributed by atoms with Crippen molar-refractivity contribution in [2.75, 3.05) is 26.2 Å². The molecule has 2 heterocycles. The second-order valence-electron chi connectivity index (χ2n) is 8.96. The van der Waals surface area contributed by atoms with Gasteiger partial charge in [0, 0.05) is 62.4 Å². The van der Waals surface area contributed by atoms with Crippen molar-refractivity contribution >= 4 is 24.1 Å². The Balaban J connectivity index is 1.37. The standard InChI is InChI=1S/C27H28N4O2/c1-18-4-7-24(11-25(18)10-19(2)29-13-22-14-30(15-22)20(3)32)27(33)31-16-26(17-31)23-8-5-21(12-28)6-9-23/h4-11,13,22,26H,14-17H2,1-3H3/b19-10+,29-13+. The summed E-state index contributed by atoms with van der Waals surface area (Å²) in [6.07, 6.45) is 3.92. The quantitative estimate of drug-likeness (QED) is 0.659. The lowest BCUT2D eigenvalue weighted by Crippen LogP contribution is -2.49. The van der Waals surface area contributed by atoms with Crippen LogP contribution < -0.4 is 0 Å². The van der Waals surface area contributed by atoms with Gasteiger partial charge in [-0.3, -0.25) is 14.6 Å². The molecule has 2 amide bonds. The number of likely N-dealkylation sites (tertiary alicyclic amines) is 2. The number of benzene rings is 2. The number of aliphatic imine (C=N–C) groups is 1. The SMILES string of the molecule is CC(=O)N1CC(/C=N/C(C)=C/c2cc(C(=O)N3CC(c4ccc(C#N)cc4)C3)ccc2C)C1. The van der Waals surface area contributed by atoms with Crippen LogP contribution in [0.1, 0.15) is 52.4 Å². The second kappa shape index (κ2) is 9.41. The van der Waals surface area contributed by atoms with Gasteiger partial charge in [0.05, 0.1) is 11.6 Å². The lowest BCUT2D eigenvalue weighted by molar-refractivity contribution is -0.133. The number of hydrogen-bond acceptors (Lipinski definition) is 4. The van der Waals surface area contributed by atoms with E-state index in [4.69, 9.17) is 5.26 Å². The molecule has 2 fully saturated rings. The van der Waals surface area contributed by atoms with E-state index >= 15 is 0 Å². The van der Waals surface area contributed by atoms with Crippen LogP contribution in [0.5, 0.6) is 0 Å². The van der Waals surface area contributed by atoms with Gasteiger partial charge in [-0.2, -0.15) is 5.26 Å². The monoisotopic (exact) mass is 440 g/mol. The van der Waals surface area contributed by atoms with E-state index in [-0.39, 0.29) is 11.8 Å². The maximum atomic E-state index is 13.0. The maximum absolute atomic E-state index is 13.0. The molecule has 33 heavy (non-hydrogen) atoms. The molecule has 168 valence electrons. The van der Waals surface area contributed by atoms with E-state index in [1.165, 1.54) is 0 Å². The molecule has 2 aliphatic heterocycles. The van der Waals surface area contributed by atoms with Gasteiger partial charge in [-0.05, 0) is 60.9 Å². The molecule has 0 radical (unpaired) electrons. The first-order valence-electron chi connectivity index (χ1n) is 11.2. The largest absolute Gasteiger partial charge is 0.342 e. The summed E-state index contributed by atoms with van der Waals surface area (Å²) >= 11 is 0. The van der Waals surface area contributed by atoms with Gasteiger partial charge in [-0.25, -0.2) is 0 Å². The van der Waals surface area contributed by atoms with E-state index in [0.29, 0.717) is 36.1 Å². The van der Waals surface area contributed by atoms with Crippen LogP contribution in [0, 0.1) is 24.2 Å². The molecule has 0 N–H and O–H groups in total. The molecule has 2 saturated heterocycles. The van der Waals surface area contributed by atoms with Gasteiger partial charge in [-0.1, -0.05) is 18.2 Å². The number of carbonyl (C=O) groups excluding carboxylic acids is 2. The molecule has 0 aromatic heterocycles. The third-order valence-electron chi connectivity index (χ3n) is 6.41. The number of nitriles is 1. The second-order valence-corrected chi connectivity index (χ2v) is 8.96. The van der Waals surface area contributed by atoms with Gasteiger partial charge in [0.1, 0.15) is 0 Å². The molecule has 2 aliphatic rings. The predicted octanol–water partition coefficient (Wildman–Crippen LogP) is 4.02. The fourth-order valence-corrected chi connectivity index (χ4v) is 4.15. The highest BCUT2D eigenvalue weighted by Crippen LogP contribution is 2.29. The van der Waals surface area contributed by atoms with E-state index in [1.54, 1.807) is 11.8 Å². The fraction of sp³-hybridized carbons (Fsp3) is 0.333.